The van der Waals surface area contributed by atoms with E-state index in [1.807, 2.05) is 38.1 Å². The van der Waals surface area contributed by atoms with Crippen LogP contribution in [0.1, 0.15) is 47.0 Å². The maximum absolute atomic E-state index is 13.2. The fraction of sp³-hybridized carbons (Fsp3) is 0.476. The van der Waals surface area contributed by atoms with E-state index in [2.05, 4.69) is 5.10 Å². The van der Waals surface area contributed by atoms with Crippen molar-refractivity contribution < 1.29 is 16.8 Å². The minimum absolute atomic E-state index is 0.0921. The second kappa shape index (κ2) is 7.62. The molecule has 30 heavy (non-hydrogen) atoms. The molecular formula is C21H27N3O4S2. The Morgan fingerprint density at radius 3 is 2.63 bits per heavy atom. The van der Waals surface area contributed by atoms with Crippen molar-refractivity contribution in [1.82, 2.24) is 14.1 Å². The maximum atomic E-state index is 13.2. The van der Waals surface area contributed by atoms with Crippen LogP contribution in [0, 0.1) is 13.8 Å². The molecule has 1 atom stereocenters. The Morgan fingerprint density at radius 1 is 1.20 bits per heavy atom. The molecule has 1 unspecified atom stereocenters. The number of sulfonamides is 1. The first-order valence-corrected chi connectivity index (χ1v) is 13.3. The van der Waals surface area contributed by atoms with E-state index in [4.69, 9.17) is 0 Å². The number of allylic oxidation sites excluding steroid dienone is 1. The summed E-state index contributed by atoms with van der Waals surface area (Å²) in [4.78, 5) is 0.424. The fourth-order valence-corrected chi connectivity index (χ4v) is 7.39. The van der Waals surface area contributed by atoms with Crippen molar-refractivity contribution in [2.24, 2.45) is 0 Å². The van der Waals surface area contributed by atoms with Gasteiger partial charge < -0.3 is 0 Å². The van der Waals surface area contributed by atoms with Crippen molar-refractivity contribution in [1.29, 1.82) is 0 Å². The van der Waals surface area contributed by atoms with Crippen LogP contribution in [0.5, 0.6) is 0 Å². The summed E-state index contributed by atoms with van der Waals surface area (Å²) in [6, 6.07) is 7.68. The highest BCUT2D eigenvalue weighted by Crippen LogP contribution is 2.31. The van der Waals surface area contributed by atoms with Gasteiger partial charge in [0.25, 0.3) is 0 Å². The van der Waals surface area contributed by atoms with Crippen LogP contribution in [-0.2, 0) is 32.8 Å². The number of fused-ring (bicyclic) bond motifs is 1. The summed E-state index contributed by atoms with van der Waals surface area (Å²) in [5, 5.41) is 4.55. The first kappa shape index (κ1) is 21.3. The number of aryl methyl sites for hydroxylation is 2. The number of benzene rings is 1. The minimum Gasteiger partial charge on any atom is -0.265 e. The van der Waals surface area contributed by atoms with Crippen molar-refractivity contribution >= 4 is 25.9 Å². The molecule has 1 saturated heterocycles. The van der Waals surface area contributed by atoms with Crippen LogP contribution in [0.2, 0.25) is 0 Å². The van der Waals surface area contributed by atoms with E-state index in [0.717, 1.165) is 22.5 Å². The van der Waals surface area contributed by atoms with Gasteiger partial charge in [0, 0.05) is 24.8 Å². The molecule has 1 fully saturated rings. The Morgan fingerprint density at radius 2 is 1.93 bits per heavy atom. The highest BCUT2D eigenvalue weighted by atomic mass is 32.2. The molecule has 2 heterocycles. The van der Waals surface area contributed by atoms with Crippen LogP contribution in [-0.4, -0.2) is 49.5 Å². The van der Waals surface area contributed by atoms with Crippen LogP contribution < -0.4 is 0 Å². The summed E-state index contributed by atoms with van der Waals surface area (Å²) < 4.78 is 53.3. The predicted octanol–water partition coefficient (Wildman–Crippen LogP) is 2.61. The van der Waals surface area contributed by atoms with Gasteiger partial charge in [-0.15, -0.1) is 0 Å². The third-order valence-corrected chi connectivity index (χ3v) is 9.85. The molecule has 7 nitrogen and oxygen atoms in total. The molecule has 0 radical (unpaired) electrons. The van der Waals surface area contributed by atoms with Gasteiger partial charge in [0.2, 0.25) is 10.0 Å². The van der Waals surface area contributed by atoms with E-state index < -0.39 is 19.9 Å². The number of aromatic nitrogens is 2. The molecule has 0 amide bonds. The van der Waals surface area contributed by atoms with E-state index in [9.17, 15) is 16.8 Å². The maximum Gasteiger partial charge on any atom is 0.239 e. The molecule has 2 aliphatic rings. The van der Waals surface area contributed by atoms with Gasteiger partial charge in [-0.1, -0.05) is 24.3 Å². The molecule has 2 aromatic rings. The topological polar surface area (TPSA) is 89.3 Å². The molecular weight excluding hydrogens is 422 g/mol. The third kappa shape index (κ3) is 3.86. The van der Waals surface area contributed by atoms with E-state index in [0.29, 0.717) is 24.2 Å². The third-order valence-electron chi connectivity index (χ3n) is 6.16. The van der Waals surface area contributed by atoms with Gasteiger partial charge in [-0.25, -0.2) is 16.8 Å². The van der Waals surface area contributed by atoms with Crippen LogP contribution >= 0.6 is 0 Å². The fourth-order valence-electron chi connectivity index (χ4n) is 4.37. The average molecular weight is 450 g/mol. The van der Waals surface area contributed by atoms with Crippen molar-refractivity contribution in [2.75, 3.05) is 18.6 Å². The zero-order valence-corrected chi connectivity index (χ0v) is 19.1. The Kier molecular flexibility index (Phi) is 5.40. The SMILES string of the molecule is Cc1nn(C2CCS(=O)(=O)C2)c(C)c1CN(C)S(=O)(=O)C1=Cc2ccccc2CC1. The first-order valence-electron chi connectivity index (χ1n) is 10.1. The zero-order chi connectivity index (χ0) is 21.7. The number of rotatable bonds is 5. The molecule has 4 rings (SSSR count). The summed E-state index contributed by atoms with van der Waals surface area (Å²) in [6.45, 7) is 3.94. The number of hydrogen-bond acceptors (Lipinski definition) is 5. The lowest BCUT2D eigenvalue weighted by atomic mass is 9.98. The highest BCUT2D eigenvalue weighted by Gasteiger charge is 2.32. The van der Waals surface area contributed by atoms with E-state index in [-0.39, 0.29) is 24.1 Å². The summed E-state index contributed by atoms with van der Waals surface area (Å²) in [5.41, 5.74) is 4.53. The van der Waals surface area contributed by atoms with Crippen molar-refractivity contribution in [2.45, 2.75) is 45.7 Å². The van der Waals surface area contributed by atoms with Crippen molar-refractivity contribution in [3.63, 3.8) is 0 Å². The molecule has 0 spiro atoms. The lowest BCUT2D eigenvalue weighted by molar-refractivity contribution is 0.465. The zero-order valence-electron chi connectivity index (χ0n) is 17.5. The Bertz CT molecular complexity index is 1230. The van der Waals surface area contributed by atoms with Gasteiger partial charge in [-0.2, -0.15) is 9.40 Å². The summed E-state index contributed by atoms with van der Waals surface area (Å²) in [7, 11) is -5.04. The highest BCUT2D eigenvalue weighted by molar-refractivity contribution is 7.93. The Balaban J connectivity index is 1.58. The summed E-state index contributed by atoms with van der Waals surface area (Å²) >= 11 is 0. The molecule has 0 saturated carbocycles. The lowest BCUT2D eigenvalue weighted by Crippen LogP contribution is -2.29. The van der Waals surface area contributed by atoms with E-state index >= 15 is 0 Å². The quantitative estimate of drug-likeness (QED) is 0.700. The van der Waals surface area contributed by atoms with Gasteiger partial charge in [0.15, 0.2) is 9.84 Å². The Hall–Kier alpha value is -1.97. The molecule has 162 valence electrons. The molecule has 1 aliphatic heterocycles. The minimum atomic E-state index is -3.60. The molecule has 1 aromatic carbocycles. The monoisotopic (exact) mass is 449 g/mol. The van der Waals surface area contributed by atoms with E-state index in [1.54, 1.807) is 17.8 Å². The van der Waals surface area contributed by atoms with Crippen molar-refractivity contribution in [3.8, 4) is 0 Å². The second-order valence-corrected chi connectivity index (χ2v) is 12.5. The Labute approximate surface area is 178 Å². The molecule has 9 heteroatoms. The van der Waals surface area contributed by atoms with Crippen LogP contribution in [0.4, 0.5) is 0 Å². The van der Waals surface area contributed by atoms with Gasteiger partial charge in [-0.3, -0.25) is 4.68 Å². The lowest BCUT2D eigenvalue weighted by Gasteiger charge is -2.22. The van der Waals surface area contributed by atoms with Crippen LogP contribution in [0.3, 0.4) is 0 Å². The predicted molar refractivity (Wildman–Crippen MR) is 117 cm³/mol. The van der Waals surface area contributed by atoms with Gasteiger partial charge >= 0.3 is 0 Å². The summed E-state index contributed by atoms with van der Waals surface area (Å²) in [6.07, 6.45) is 3.52. The molecule has 0 bridgehead atoms. The first-order chi connectivity index (χ1) is 14.1. The molecule has 1 aromatic heterocycles. The normalized spacial score (nSPS) is 20.9. The molecule has 0 N–H and O–H groups in total. The van der Waals surface area contributed by atoms with E-state index in [1.165, 1.54) is 9.87 Å². The largest absolute Gasteiger partial charge is 0.265 e. The standard InChI is InChI=1S/C21H27N3O4S2/c1-15-21(16(2)24(22-15)19-10-11-29(25,26)14-19)13-23(3)30(27,28)20-9-8-17-6-4-5-7-18(17)12-20/h4-7,12,19H,8-11,13-14H2,1-3H3. The van der Waals surface area contributed by atoms with Gasteiger partial charge in [0.05, 0.1) is 28.1 Å². The average Bonchev–Trinajstić information content (AvgIpc) is 3.20. The summed E-state index contributed by atoms with van der Waals surface area (Å²) in [5.74, 6) is 0.268. The smallest absolute Gasteiger partial charge is 0.239 e. The van der Waals surface area contributed by atoms with Gasteiger partial charge in [-0.05, 0) is 50.3 Å². The van der Waals surface area contributed by atoms with Crippen LogP contribution in [0.15, 0.2) is 29.2 Å². The van der Waals surface area contributed by atoms with Crippen molar-refractivity contribution in [3.05, 3.63) is 57.2 Å². The number of nitrogens with zero attached hydrogens (tertiary/aromatic N) is 3. The van der Waals surface area contributed by atoms with Crippen LogP contribution in [0.25, 0.3) is 6.08 Å². The second-order valence-electron chi connectivity index (χ2n) is 8.22. The molecule has 1 aliphatic carbocycles. The van der Waals surface area contributed by atoms with Gasteiger partial charge in [0.1, 0.15) is 0 Å². The number of sulfone groups is 1. The number of hydrogen-bond donors (Lipinski definition) is 0.